The molecule has 1 rings (SSSR count). The third-order valence-corrected chi connectivity index (χ3v) is 5.09. The minimum absolute atomic E-state index is 0.0220. The van der Waals surface area contributed by atoms with Crippen LogP contribution in [-0.4, -0.2) is 38.3 Å². The Labute approximate surface area is 128 Å². The Morgan fingerprint density at radius 3 is 2.55 bits per heavy atom. The van der Waals surface area contributed by atoms with Crippen LogP contribution in [0.2, 0.25) is 0 Å². The third-order valence-electron chi connectivity index (χ3n) is 2.65. The van der Waals surface area contributed by atoms with Gasteiger partial charge >= 0.3 is 0 Å². The Bertz CT molecular complexity index is 600. The number of aryl methyl sites for hydroxylation is 1. The topological polar surface area (TPSA) is 66.5 Å². The van der Waals surface area contributed by atoms with Crippen molar-refractivity contribution in [2.75, 3.05) is 13.6 Å². The first-order valence-electron chi connectivity index (χ1n) is 6.16. The second kappa shape index (κ2) is 6.69. The fourth-order valence-corrected chi connectivity index (χ4v) is 3.56. The Kier molecular flexibility index (Phi) is 5.73. The molecular weight excluding hydrogens is 344 g/mol. The Hall–Kier alpha value is -0.920. The number of rotatable bonds is 5. The number of benzene rings is 1. The van der Waals surface area contributed by atoms with Gasteiger partial charge in [-0.1, -0.05) is 22.0 Å². The third kappa shape index (κ3) is 4.29. The maximum atomic E-state index is 12.5. The van der Waals surface area contributed by atoms with Crippen LogP contribution in [0.5, 0.6) is 0 Å². The van der Waals surface area contributed by atoms with Crippen LogP contribution < -0.4 is 5.32 Å². The number of sulfonamides is 1. The van der Waals surface area contributed by atoms with Crippen molar-refractivity contribution in [2.24, 2.45) is 0 Å². The van der Waals surface area contributed by atoms with E-state index in [0.29, 0.717) is 10.0 Å². The minimum atomic E-state index is -3.68. The molecule has 1 aromatic carbocycles. The summed E-state index contributed by atoms with van der Waals surface area (Å²) in [5.74, 6) is -0.321. The molecule has 1 aromatic rings. The van der Waals surface area contributed by atoms with Crippen molar-refractivity contribution in [1.82, 2.24) is 9.62 Å². The van der Waals surface area contributed by atoms with E-state index in [1.165, 1.54) is 7.05 Å². The molecule has 0 saturated carbocycles. The summed E-state index contributed by atoms with van der Waals surface area (Å²) in [5, 5.41) is 2.67. The lowest BCUT2D eigenvalue weighted by Crippen LogP contribution is -2.40. The van der Waals surface area contributed by atoms with Gasteiger partial charge in [0, 0.05) is 17.6 Å². The highest BCUT2D eigenvalue weighted by molar-refractivity contribution is 9.10. The van der Waals surface area contributed by atoms with Crippen molar-refractivity contribution in [3.8, 4) is 0 Å². The molecule has 0 atom stereocenters. The fourth-order valence-electron chi connectivity index (χ4n) is 1.67. The van der Waals surface area contributed by atoms with Crippen molar-refractivity contribution in [3.05, 3.63) is 28.2 Å². The summed E-state index contributed by atoms with van der Waals surface area (Å²) in [4.78, 5) is 11.9. The van der Waals surface area contributed by atoms with E-state index < -0.39 is 10.0 Å². The average molecular weight is 363 g/mol. The van der Waals surface area contributed by atoms with Gasteiger partial charge in [-0.25, -0.2) is 8.42 Å². The van der Waals surface area contributed by atoms with Crippen LogP contribution in [0.1, 0.15) is 19.4 Å². The molecule has 0 fully saturated rings. The Morgan fingerprint density at radius 1 is 1.40 bits per heavy atom. The zero-order valence-corrected chi connectivity index (χ0v) is 14.4. The quantitative estimate of drug-likeness (QED) is 0.869. The molecule has 0 radical (unpaired) electrons. The molecule has 0 aromatic heterocycles. The molecule has 112 valence electrons. The normalized spacial score (nSPS) is 11.9. The van der Waals surface area contributed by atoms with Gasteiger partial charge in [0.1, 0.15) is 0 Å². The molecule has 0 bridgehead atoms. The van der Waals surface area contributed by atoms with E-state index in [4.69, 9.17) is 0 Å². The van der Waals surface area contributed by atoms with Crippen LogP contribution in [0.3, 0.4) is 0 Å². The summed E-state index contributed by atoms with van der Waals surface area (Å²) in [5.41, 5.74) is 0.643. The van der Waals surface area contributed by atoms with E-state index >= 15 is 0 Å². The zero-order chi connectivity index (χ0) is 15.5. The molecule has 0 spiro atoms. The zero-order valence-electron chi connectivity index (χ0n) is 12.0. The maximum absolute atomic E-state index is 12.5. The number of hydrogen-bond acceptors (Lipinski definition) is 3. The highest BCUT2D eigenvalue weighted by Gasteiger charge is 2.24. The van der Waals surface area contributed by atoms with Crippen molar-refractivity contribution >= 4 is 31.9 Å². The van der Waals surface area contributed by atoms with Crippen LogP contribution in [0.4, 0.5) is 0 Å². The molecule has 7 heteroatoms. The number of nitrogens with one attached hydrogen (secondary N) is 1. The highest BCUT2D eigenvalue weighted by Crippen LogP contribution is 2.23. The van der Waals surface area contributed by atoms with Gasteiger partial charge in [0.25, 0.3) is 0 Å². The number of carbonyl (C=O) groups is 1. The standard InChI is InChI=1S/C13H19BrN2O3S/c1-9(2)15-13(17)8-16(4)20(18,19)12-7-11(14)6-5-10(12)3/h5-7,9H,8H2,1-4H3,(H,15,17). The first kappa shape index (κ1) is 17.1. The second-order valence-corrected chi connectivity index (χ2v) is 7.82. The van der Waals surface area contributed by atoms with Gasteiger partial charge in [-0.05, 0) is 38.5 Å². The van der Waals surface area contributed by atoms with Gasteiger partial charge in [0.2, 0.25) is 15.9 Å². The van der Waals surface area contributed by atoms with Gasteiger partial charge in [-0.2, -0.15) is 4.31 Å². The van der Waals surface area contributed by atoms with Gasteiger partial charge in [0.05, 0.1) is 11.4 Å². The summed E-state index contributed by atoms with van der Waals surface area (Å²) in [7, 11) is -2.28. The maximum Gasteiger partial charge on any atom is 0.243 e. The smallest absolute Gasteiger partial charge is 0.243 e. The van der Waals surface area contributed by atoms with Crippen LogP contribution in [0.15, 0.2) is 27.6 Å². The number of carbonyl (C=O) groups excluding carboxylic acids is 1. The van der Waals surface area contributed by atoms with E-state index in [2.05, 4.69) is 21.2 Å². The van der Waals surface area contributed by atoms with Crippen molar-refractivity contribution in [1.29, 1.82) is 0 Å². The number of likely N-dealkylation sites (N-methyl/N-ethyl adjacent to an activating group) is 1. The van der Waals surface area contributed by atoms with E-state index in [1.807, 2.05) is 13.8 Å². The van der Waals surface area contributed by atoms with Gasteiger partial charge in [-0.15, -0.1) is 0 Å². The average Bonchev–Trinajstić information content (AvgIpc) is 2.30. The van der Waals surface area contributed by atoms with Crippen LogP contribution in [-0.2, 0) is 14.8 Å². The summed E-state index contributed by atoms with van der Waals surface area (Å²) >= 11 is 3.26. The molecule has 20 heavy (non-hydrogen) atoms. The molecule has 1 N–H and O–H groups in total. The van der Waals surface area contributed by atoms with E-state index in [-0.39, 0.29) is 23.4 Å². The second-order valence-electron chi connectivity index (χ2n) is 4.89. The van der Waals surface area contributed by atoms with E-state index in [1.54, 1.807) is 25.1 Å². The molecule has 0 saturated heterocycles. The predicted molar refractivity (Wildman–Crippen MR) is 82.0 cm³/mol. The lowest BCUT2D eigenvalue weighted by Gasteiger charge is -2.19. The van der Waals surface area contributed by atoms with Crippen LogP contribution in [0.25, 0.3) is 0 Å². The van der Waals surface area contributed by atoms with Crippen LogP contribution >= 0.6 is 15.9 Å². The molecule has 0 aliphatic carbocycles. The summed E-state index contributed by atoms with van der Waals surface area (Å²) in [6, 6.07) is 5.02. The van der Waals surface area contributed by atoms with E-state index in [9.17, 15) is 13.2 Å². The first-order valence-corrected chi connectivity index (χ1v) is 8.39. The molecule has 1 amide bonds. The number of amides is 1. The van der Waals surface area contributed by atoms with Gasteiger partial charge < -0.3 is 5.32 Å². The SMILES string of the molecule is Cc1ccc(Br)cc1S(=O)(=O)N(C)CC(=O)NC(C)C. The lowest BCUT2D eigenvalue weighted by atomic mass is 10.2. The Morgan fingerprint density at radius 2 is 2.00 bits per heavy atom. The molecule has 0 unspecified atom stereocenters. The molecular formula is C13H19BrN2O3S. The monoisotopic (exact) mass is 362 g/mol. The fraction of sp³-hybridized carbons (Fsp3) is 0.462. The van der Waals surface area contributed by atoms with Crippen LogP contribution in [0, 0.1) is 6.92 Å². The van der Waals surface area contributed by atoms with Crippen molar-refractivity contribution < 1.29 is 13.2 Å². The van der Waals surface area contributed by atoms with Crippen molar-refractivity contribution in [3.63, 3.8) is 0 Å². The van der Waals surface area contributed by atoms with Crippen molar-refractivity contribution in [2.45, 2.75) is 31.7 Å². The lowest BCUT2D eigenvalue weighted by molar-refractivity contribution is -0.121. The highest BCUT2D eigenvalue weighted by atomic mass is 79.9. The van der Waals surface area contributed by atoms with Gasteiger partial charge in [0.15, 0.2) is 0 Å². The molecule has 0 heterocycles. The largest absolute Gasteiger partial charge is 0.353 e. The Balaban J connectivity index is 2.98. The minimum Gasteiger partial charge on any atom is -0.353 e. The summed E-state index contributed by atoms with van der Waals surface area (Å²) in [6.45, 7) is 5.17. The molecule has 5 nitrogen and oxygen atoms in total. The van der Waals surface area contributed by atoms with Gasteiger partial charge in [-0.3, -0.25) is 4.79 Å². The van der Waals surface area contributed by atoms with E-state index in [0.717, 1.165) is 4.31 Å². The number of nitrogens with zero attached hydrogens (tertiary/aromatic N) is 1. The predicted octanol–water partition coefficient (Wildman–Crippen LogP) is 1.90. The number of hydrogen-bond donors (Lipinski definition) is 1. The molecule has 0 aliphatic rings. The number of halogens is 1. The first-order chi connectivity index (χ1) is 9.14. The summed E-state index contributed by atoms with van der Waals surface area (Å²) in [6.07, 6.45) is 0. The summed E-state index contributed by atoms with van der Waals surface area (Å²) < 4.78 is 26.6. The molecule has 0 aliphatic heterocycles.